The van der Waals surface area contributed by atoms with Gasteiger partial charge in [0.2, 0.25) is 0 Å². The molecule has 3 atom stereocenters. The Labute approximate surface area is 212 Å². The number of pyridine rings is 1. The maximum absolute atomic E-state index is 14.8. The van der Waals surface area contributed by atoms with Gasteiger partial charge in [-0.25, -0.2) is 4.39 Å². The van der Waals surface area contributed by atoms with E-state index < -0.39 is 5.97 Å². The van der Waals surface area contributed by atoms with Crippen molar-refractivity contribution >= 4 is 5.97 Å². The van der Waals surface area contributed by atoms with Gasteiger partial charge in [-0.3, -0.25) is 9.78 Å². The van der Waals surface area contributed by atoms with E-state index in [1.54, 1.807) is 0 Å². The van der Waals surface area contributed by atoms with Gasteiger partial charge in [-0.2, -0.15) is 0 Å². The molecule has 2 aromatic carbocycles. The number of carboxylic acid groups (broad SMARTS) is 1. The highest BCUT2D eigenvalue weighted by Gasteiger charge is 2.61. The lowest BCUT2D eigenvalue weighted by molar-refractivity contribution is -0.139. The van der Waals surface area contributed by atoms with Gasteiger partial charge in [0.25, 0.3) is 0 Å². The number of benzene rings is 2. The molecule has 0 bridgehead atoms. The number of halogens is 1. The van der Waals surface area contributed by atoms with Gasteiger partial charge in [-0.1, -0.05) is 52.0 Å². The topological polar surface area (TPSA) is 59.4 Å². The minimum Gasteiger partial charge on any atom is -0.489 e. The van der Waals surface area contributed by atoms with E-state index in [2.05, 4.69) is 44.8 Å². The molecule has 4 nitrogen and oxygen atoms in total. The predicted octanol–water partition coefficient (Wildman–Crippen LogP) is 7.21. The molecular formula is C31H34FNO3. The number of fused-ring (bicyclic) bond motifs is 2. The average molecular weight is 488 g/mol. The summed E-state index contributed by atoms with van der Waals surface area (Å²) in [6.45, 7) is 11.0. The summed E-state index contributed by atoms with van der Waals surface area (Å²) in [5.41, 5.74) is 6.52. The Hall–Kier alpha value is -3.21. The fraction of sp³-hybridized carbons (Fsp3) is 0.419. The van der Waals surface area contributed by atoms with Crippen LogP contribution in [-0.4, -0.2) is 16.1 Å². The normalized spacial score (nSPS) is 21.3. The zero-order chi connectivity index (χ0) is 25.8. The summed E-state index contributed by atoms with van der Waals surface area (Å²) in [5.74, 6) is -0.353. The Balaban J connectivity index is 1.43. The molecule has 0 saturated heterocycles. The molecule has 1 saturated carbocycles. The Bertz CT molecular complexity index is 1340. The minimum atomic E-state index is -0.699. The molecular weight excluding hydrogens is 453 g/mol. The van der Waals surface area contributed by atoms with Crippen molar-refractivity contribution in [2.45, 2.75) is 71.8 Å². The van der Waals surface area contributed by atoms with Crippen molar-refractivity contribution < 1.29 is 19.0 Å². The van der Waals surface area contributed by atoms with Crippen molar-refractivity contribution in [1.29, 1.82) is 0 Å². The quantitative estimate of drug-likeness (QED) is 0.399. The molecule has 0 aliphatic heterocycles. The van der Waals surface area contributed by atoms with Crippen molar-refractivity contribution in [2.24, 2.45) is 11.3 Å². The highest BCUT2D eigenvalue weighted by molar-refractivity contribution is 5.78. The van der Waals surface area contributed by atoms with E-state index in [9.17, 15) is 14.3 Å². The van der Waals surface area contributed by atoms with Crippen LogP contribution in [0, 0.1) is 24.1 Å². The molecule has 1 N–H and O–H groups in total. The lowest BCUT2D eigenvalue weighted by Crippen LogP contribution is -2.17. The Morgan fingerprint density at radius 1 is 1.19 bits per heavy atom. The van der Waals surface area contributed by atoms with Crippen LogP contribution < -0.4 is 4.74 Å². The summed E-state index contributed by atoms with van der Waals surface area (Å²) >= 11 is 0. The van der Waals surface area contributed by atoms with E-state index in [-0.39, 0.29) is 28.5 Å². The van der Waals surface area contributed by atoms with E-state index in [1.807, 2.05) is 37.3 Å². The molecule has 1 fully saturated rings. The third-order valence-corrected chi connectivity index (χ3v) is 8.40. The summed E-state index contributed by atoms with van der Waals surface area (Å²) in [4.78, 5) is 15.7. The van der Waals surface area contributed by atoms with E-state index in [1.165, 1.54) is 11.8 Å². The molecule has 2 aliphatic rings. The predicted molar refractivity (Wildman–Crippen MR) is 139 cm³/mol. The highest BCUT2D eigenvalue weighted by atomic mass is 19.1. The van der Waals surface area contributed by atoms with Crippen molar-refractivity contribution in [3.8, 4) is 16.9 Å². The number of ether oxygens (including phenoxy) is 1. The third kappa shape index (κ3) is 4.29. The fourth-order valence-electron chi connectivity index (χ4n) is 5.71. The first kappa shape index (κ1) is 24.5. The molecule has 5 heteroatoms. The van der Waals surface area contributed by atoms with Crippen molar-refractivity contribution in [3.63, 3.8) is 0 Å². The summed E-state index contributed by atoms with van der Waals surface area (Å²) < 4.78 is 21.0. The maximum atomic E-state index is 14.8. The number of hydrogen-bond donors (Lipinski definition) is 1. The lowest BCUT2D eigenvalue weighted by Gasteiger charge is -2.30. The minimum absolute atomic E-state index is 0.00791. The first-order chi connectivity index (χ1) is 17.0. The number of nitrogens with zero attached hydrogens (tertiary/aromatic N) is 1. The molecule has 0 radical (unpaired) electrons. The second-order valence-corrected chi connectivity index (χ2v) is 11.7. The van der Waals surface area contributed by atoms with Crippen LogP contribution >= 0.6 is 0 Å². The standard InChI is InChI=1S/C31H34FNO3/c1-18-12-25(28(32)16-33-18)23-9-6-20(13-24(23)19(2)30(3,4)5)17-36-22-8-7-21-10-11-31(26(21)14-22)15-27(31)29(34)35/h6-9,12-14,16,19,27H,10-11,15,17H2,1-5H3,(H,34,35)/t19-,27-,31-/m0/s1. The molecule has 0 unspecified atom stereocenters. The molecule has 36 heavy (non-hydrogen) atoms. The molecule has 5 rings (SSSR count). The summed E-state index contributed by atoms with van der Waals surface area (Å²) in [7, 11) is 0. The van der Waals surface area contributed by atoms with Crippen LogP contribution in [0.25, 0.3) is 11.1 Å². The van der Waals surface area contributed by atoms with Gasteiger partial charge in [0, 0.05) is 16.7 Å². The number of hydrogen-bond acceptors (Lipinski definition) is 3. The number of rotatable bonds is 6. The molecule has 3 aromatic rings. The number of aromatic nitrogens is 1. The summed E-state index contributed by atoms with van der Waals surface area (Å²) in [6.07, 6.45) is 3.85. The van der Waals surface area contributed by atoms with Gasteiger partial charge >= 0.3 is 5.97 Å². The van der Waals surface area contributed by atoms with E-state index in [4.69, 9.17) is 4.74 Å². The van der Waals surface area contributed by atoms with Crippen molar-refractivity contribution in [1.82, 2.24) is 4.98 Å². The smallest absolute Gasteiger partial charge is 0.307 e. The van der Waals surface area contributed by atoms with Gasteiger partial charge in [0.1, 0.15) is 18.2 Å². The van der Waals surface area contributed by atoms with Crippen LogP contribution in [0.3, 0.4) is 0 Å². The van der Waals surface area contributed by atoms with E-state index >= 15 is 0 Å². The van der Waals surface area contributed by atoms with Crippen molar-refractivity contribution in [2.75, 3.05) is 0 Å². The Kier molecular flexibility index (Phi) is 5.93. The fourth-order valence-corrected chi connectivity index (χ4v) is 5.71. The van der Waals surface area contributed by atoms with E-state index in [0.29, 0.717) is 12.2 Å². The van der Waals surface area contributed by atoms with Gasteiger partial charge in [0.05, 0.1) is 12.1 Å². The van der Waals surface area contributed by atoms with E-state index in [0.717, 1.165) is 53.0 Å². The van der Waals surface area contributed by atoms with Gasteiger partial charge in [0.15, 0.2) is 0 Å². The lowest BCUT2D eigenvalue weighted by atomic mass is 9.75. The van der Waals surface area contributed by atoms with Crippen molar-refractivity contribution in [3.05, 3.63) is 82.4 Å². The van der Waals surface area contributed by atoms with Gasteiger partial charge in [-0.05, 0) is 83.5 Å². The second kappa shape index (κ2) is 8.72. The molecule has 1 heterocycles. The summed E-state index contributed by atoms with van der Waals surface area (Å²) in [6, 6.07) is 14.1. The first-order valence-electron chi connectivity index (χ1n) is 12.7. The summed E-state index contributed by atoms with van der Waals surface area (Å²) in [5, 5.41) is 9.53. The third-order valence-electron chi connectivity index (χ3n) is 8.40. The van der Waals surface area contributed by atoms with Crippen LogP contribution in [0.4, 0.5) is 4.39 Å². The monoisotopic (exact) mass is 487 g/mol. The molecule has 1 spiro atoms. The molecule has 0 amide bonds. The second-order valence-electron chi connectivity index (χ2n) is 11.7. The average Bonchev–Trinajstić information content (AvgIpc) is 3.47. The van der Waals surface area contributed by atoms with Crippen LogP contribution in [0.1, 0.15) is 74.4 Å². The van der Waals surface area contributed by atoms with Gasteiger partial charge < -0.3 is 9.84 Å². The number of carbonyl (C=O) groups is 1. The largest absolute Gasteiger partial charge is 0.489 e. The number of carboxylic acids is 1. The zero-order valence-electron chi connectivity index (χ0n) is 21.7. The highest BCUT2D eigenvalue weighted by Crippen LogP contribution is 2.62. The molecule has 188 valence electrons. The first-order valence-corrected chi connectivity index (χ1v) is 12.7. The Morgan fingerprint density at radius 3 is 2.67 bits per heavy atom. The molecule has 1 aromatic heterocycles. The maximum Gasteiger partial charge on any atom is 0.307 e. The van der Waals surface area contributed by atoms with Crippen LogP contribution in [0.2, 0.25) is 0 Å². The molecule has 2 aliphatic carbocycles. The zero-order valence-corrected chi connectivity index (χ0v) is 21.7. The number of aliphatic carboxylic acids is 1. The van der Waals surface area contributed by atoms with Gasteiger partial charge in [-0.15, -0.1) is 0 Å². The SMILES string of the molecule is Cc1cc(-c2ccc(COc3ccc4c(c3)[C@]3(CC4)C[C@H]3C(=O)O)cc2[C@H](C)C(C)(C)C)c(F)cn1. The van der Waals surface area contributed by atoms with Crippen LogP contribution in [0.5, 0.6) is 5.75 Å². The van der Waals surface area contributed by atoms with Crippen LogP contribution in [0.15, 0.2) is 48.7 Å². The Morgan fingerprint density at radius 2 is 1.97 bits per heavy atom. The van der Waals surface area contributed by atoms with Crippen LogP contribution in [-0.2, 0) is 23.2 Å². The number of aryl methyl sites for hydroxylation is 2.